The van der Waals surface area contributed by atoms with Crippen LogP contribution in [0.5, 0.6) is 0 Å². The average Bonchev–Trinajstić information content (AvgIpc) is 3.58. The van der Waals surface area contributed by atoms with E-state index in [1.807, 2.05) is 35.2 Å². The Hall–Kier alpha value is -2.34. The number of aliphatic hydroxyl groups excluding tert-OH is 5. The third-order valence-corrected chi connectivity index (χ3v) is 8.46. The van der Waals surface area contributed by atoms with E-state index in [0.29, 0.717) is 11.3 Å². The van der Waals surface area contributed by atoms with Gasteiger partial charge in [0.1, 0.15) is 17.6 Å². The van der Waals surface area contributed by atoms with Gasteiger partial charge in [0.25, 0.3) is 0 Å². The number of hydrogen-bond acceptors (Lipinski definition) is 9. The highest BCUT2D eigenvalue weighted by Gasteiger charge is 2.31. The lowest BCUT2D eigenvalue weighted by Gasteiger charge is -2.25. The first-order valence-corrected chi connectivity index (χ1v) is 15.1. The van der Waals surface area contributed by atoms with Crippen molar-refractivity contribution in [2.75, 3.05) is 18.1 Å². The molecule has 1 fully saturated rings. The number of anilines is 1. The van der Waals surface area contributed by atoms with Gasteiger partial charge in [0.05, 0.1) is 24.9 Å². The Labute approximate surface area is 240 Å². The summed E-state index contributed by atoms with van der Waals surface area (Å²) >= 11 is 1.32. The van der Waals surface area contributed by atoms with Gasteiger partial charge in [-0.1, -0.05) is 38.3 Å². The summed E-state index contributed by atoms with van der Waals surface area (Å²) in [6.07, 6.45) is 3.15. The second kappa shape index (κ2) is 16.2. The summed E-state index contributed by atoms with van der Waals surface area (Å²) in [5, 5.41) is 48.2. The van der Waals surface area contributed by atoms with Crippen molar-refractivity contribution in [2.24, 2.45) is 0 Å². The minimum atomic E-state index is -1.36. The maximum Gasteiger partial charge on any atom is 0.348 e. The van der Waals surface area contributed by atoms with E-state index in [2.05, 4.69) is 6.92 Å². The van der Waals surface area contributed by atoms with E-state index in [1.165, 1.54) is 11.3 Å². The zero-order chi connectivity index (χ0) is 29.1. The molecular weight excluding hydrogens is 534 g/mol. The van der Waals surface area contributed by atoms with E-state index < -0.39 is 37.0 Å². The molecule has 2 heterocycles. The fraction of sp³-hybridized carbons (Fsp3) is 0.600. The van der Waals surface area contributed by atoms with Crippen LogP contribution in [0.25, 0.3) is 0 Å². The number of unbranched alkanes of at least 4 members (excludes halogenated alkanes) is 2. The van der Waals surface area contributed by atoms with Gasteiger partial charge in [-0.25, -0.2) is 4.79 Å². The SMILES string of the molecule is CCCCC[C@H](O)c1ccc(N2C(=O)CC[C@@H]2CCCc2ccc(C(=O)OC[C@@H](O)C[C@H](O)[C@@H](O)CO)s2)cc1. The summed E-state index contributed by atoms with van der Waals surface area (Å²) in [6, 6.07) is 11.4. The Kier molecular flexibility index (Phi) is 13.0. The number of aliphatic hydroxyl groups is 5. The first kappa shape index (κ1) is 32.2. The fourth-order valence-corrected chi connectivity index (χ4v) is 5.93. The number of carbonyl (C=O) groups is 2. The second-order valence-corrected chi connectivity index (χ2v) is 11.7. The first-order chi connectivity index (χ1) is 19.2. The van der Waals surface area contributed by atoms with Gasteiger partial charge in [-0.05, 0) is 61.9 Å². The molecule has 5 N–H and O–H groups in total. The van der Waals surface area contributed by atoms with Crippen LogP contribution in [0.15, 0.2) is 36.4 Å². The predicted octanol–water partition coefficient (Wildman–Crippen LogP) is 3.50. The molecule has 1 aliphatic rings. The van der Waals surface area contributed by atoms with Gasteiger partial charge < -0.3 is 35.2 Å². The predicted molar refractivity (Wildman–Crippen MR) is 153 cm³/mol. The lowest BCUT2D eigenvalue weighted by Crippen LogP contribution is -2.34. The normalized spacial score (nSPS) is 18.5. The van der Waals surface area contributed by atoms with Gasteiger partial charge in [-0.3, -0.25) is 4.79 Å². The van der Waals surface area contributed by atoms with E-state index in [9.17, 15) is 30.0 Å². The summed E-state index contributed by atoms with van der Waals surface area (Å²) in [7, 11) is 0. The average molecular weight is 578 g/mol. The third kappa shape index (κ3) is 9.36. The van der Waals surface area contributed by atoms with Crippen LogP contribution in [0.3, 0.4) is 0 Å². The summed E-state index contributed by atoms with van der Waals surface area (Å²) in [5.74, 6) is -0.457. The lowest BCUT2D eigenvalue weighted by molar-refractivity contribution is -0.117. The number of aryl methyl sites for hydroxylation is 1. The van der Waals surface area contributed by atoms with Crippen LogP contribution in [0.2, 0.25) is 0 Å². The molecule has 0 spiro atoms. The van der Waals surface area contributed by atoms with Crippen molar-refractivity contribution in [3.05, 3.63) is 51.7 Å². The van der Waals surface area contributed by atoms with Gasteiger partial charge in [0.2, 0.25) is 5.91 Å². The molecular formula is C30H43NO8S. The monoisotopic (exact) mass is 577 g/mol. The van der Waals surface area contributed by atoms with E-state index >= 15 is 0 Å². The molecule has 0 bridgehead atoms. The quantitative estimate of drug-likeness (QED) is 0.142. The maximum absolute atomic E-state index is 12.7. The first-order valence-electron chi connectivity index (χ1n) is 14.2. The molecule has 222 valence electrons. The van der Waals surface area contributed by atoms with Crippen LogP contribution in [0.1, 0.15) is 90.9 Å². The summed E-state index contributed by atoms with van der Waals surface area (Å²) < 4.78 is 5.13. The van der Waals surface area contributed by atoms with Crippen molar-refractivity contribution < 1.29 is 39.9 Å². The van der Waals surface area contributed by atoms with Crippen molar-refractivity contribution in [1.82, 2.24) is 0 Å². The Balaban J connectivity index is 1.45. The Bertz CT molecular complexity index is 1060. The number of thiophene rings is 1. The number of esters is 1. The largest absolute Gasteiger partial charge is 0.459 e. The number of hydrogen-bond donors (Lipinski definition) is 5. The molecule has 40 heavy (non-hydrogen) atoms. The molecule has 1 aromatic carbocycles. The molecule has 1 amide bonds. The van der Waals surface area contributed by atoms with Crippen molar-refractivity contribution in [2.45, 2.75) is 102 Å². The van der Waals surface area contributed by atoms with Crippen molar-refractivity contribution in [1.29, 1.82) is 0 Å². The molecule has 2 aromatic rings. The van der Waals surface area contributed by atoms with Crippen molar-refractivity contribution >= 4 is 28.9 Å². The molecule has 5 atom stereocenters. The molecule has 0 aliphatic carbocycles. The summed E-state index contributed by atoms with van der Waals surface area (Å²) in [4.78, 5) is 28.3. The molecule has 1 saturated heterocycles. The Morgan fingerprint density at radius 3 is 2.50 bits per heavy atom. The van der Waals surface area contributed by atoms with Crippen LogP contribution >= 0.6 is 11.3 Å². The van der Waals surface area contributed by atoms with Crippen LogP contribution in [-0.2, 0) is 16.0 Å². The van der Waals surface area contributed by atoms with Gasteiger partial charge in [-0.2, -0.15) is 0 Å². The molecule has 10 heteroatoms. The summed E-state index contributed by atoms with van der Waals surface area (Å²) in [6.45, 7) is 1.18. The molecule has 0 saturated carbocycles. The van der Waals surface area contributed by atoms with Crippen molar-refractivity contribution in [3.8, 4) is 0 Å². The number of rotatable bonds is 17. The zero-order valence-corrected chi connectivity index (χ0v) is 24.0. The molecule has 0 radical (unpaired) electrons. The number of amides is 1. The molecule has 1 aliphatic heterocycles. The number of nitrogens with zero attached hydrogens (tertiary/aromatic N) is 1. The maximum atomic E-state index is 12.7. The number of carbonyl (C=O) groups excluding carboxylic acids is 2. The molecule has 1 aromatic heterocycles. The third-order valence-electron chi connectivity index (χ3n) is 7.34. The molecule has 0 unspecified atom stereocenters. The van der Waals surface area contributed by atoms with Gasteiger partial charge in [0, 0.05) is 29.4 Å². The van der Waals surface area contributed by atoms with Gasteiger partial charge in [-0.15, -0.1) is 11.3 Å². The highest BCUT2D eigenvalue weighted by Crippen LogP contribution is 2.31. The topological polar surface area (TPSA) is 148 Å². The van der Waals surface area contributed by atoms with Gasteiger partial charge in [0.15, 0.2) is 0 Å². The number of benzene rings is 1. The van der Waals surface area contributed by atoms with E-state index in [4.69, 9.17) is 9.84 Å². The lowest BCUT2D eigenvalue weighted by atomic mass is 10.0. The minimum absolute atomic E-state index is 0.110. The van der Waals surface area contributed by atoms with Crippen LogP contribution < -0.4 is 4.90 Å². The second-order valence-electron chi connectivity index (χ2n) is 10.5. The van der Waals surface area contributed by atoms with Crippen LogP contribution in [0, 0.1) is 0 Å². The zero-order valence-electron chi connectivity index (χ0n) is 23.2. The minimum Gasteiger partial charge on any atom is -0.459 e. The molecule has 9 nitrogen and oxygen atoms in total. The smallest absolute Gasteiger partial charge is 0.348 e. The van der Waals surface area contributed by atoms with Gasteiger partial charge >= 0.3 is 5.97 Å². The Morgan fingerprint density at radius 2 is 1.80 bits per heavy atom. The van der Waals surface area contributed by atoms with Crippen LogP contribution in [-0.4, -0.2) is 75.0 Å². The Morgan fingerprint density at radius 1 is 1.05 bits per heavy atom. The highest BCUT2D eigenvalue weighted by atomic mass is 32.1. The van der Waals surface area contributed by atoms with E-state index in [0.717, 1.165) is 67.5 Å². The standard InChI is InChI=1S/C30H43NO8S/c1-2-3-4-8-25(34)20-9-11-22(12-10-20)31-21(13-16-29(31)37)6-5-7-24-14-15-28(40-24)30(38)39-19-23(33)17-26(35)27(36)18-32/h9-12,14-15,21,23,25-27,32-36H,2-8,13,16-19H2,1H3/t21-,23-,25-,26-,27-/m0/s1. The summed E-state index contributed by atoms with van der Waals surface area (Å²) in [5.41, 5.74) is 1.74. The highest BCUT2D eigenvalue weighted by molar-refractivity contribution is 7.13. The fourth-order valence-electron chi connectivity index (χ4n) is 4.99. The molecule has 3 rings (SSSR count). The van der Waals surface area contributed by atoms with Crippen molar-refractivity contribution in [3.63, 3.8) is 0 Å². The number of ether oxygens (including phenoxy) is 1. The van der Waals surface area contributed by atoms with E-state index in [1.54, 1.807) is 6.07 Å². The van der Waals surface area contributed by atoms with Crippen LogP contribution in [0.4, 0.5) is 5.69 Å². The van der Waals surface area contributed by atoms with E-state index in [-0.39, 0.29) is 25.0 Å².